The molecule has 7 heteroatoms. The Morgan fingerprint density at radius 1 is 1.53 bits per heavy atom. The molecule has 1 aliphatic rings. The van der Waals surface area contributed by atoms with Gasteiger partial charge in [-0.2, -0.15) is 0 Å². The van der Waals surface area contributed by atoms with E-state index in [0.29, 0.717) is 23.7 Å². The van der Waals surface area contributed by atoms with Crippen molar-refractivity contribution in [3.05, 3.63) is 16.9 Å². The summed E-state index contributed by atoms with van der Waals surface area (Å²) >= 11 is 3.33. The number of halogens is 1. The molecule has 1 aliphatic heterocycles. The summed E-state index contributed by atoms with van der Waals surface area (Å²) in [5.74, 6) is 0.298. The molecule has 1 unspecified atom stereocenters. The number of nitrogens with two attached hydrogens (primary N) is 1. The summed E-state index contributed by atoms with van der Waals surface area (Å²) in [6.45, 7) is 0.398. The van der Waals surface area contributed by atoms with Crippen LogP contribution in [-0.2, 0) is 9.84 Å². The van der Waals surface area contributed by atoms with Gasteiger partial charge in [0.05, 0.1) is 33.0 Å². The van der Waals surface area contributed by atoms with Crippen molar-refractivity contribution >= 4 is 37.1 Å². The number of nitrogen functional groups attached to an aromatic ring is 1. The Morgan fingerprint density at radius 2 is 2.29 bits per heavy atom. The van der Waals surface area contributed by atoms with Crippen LogP contribution in [0.3, 0.4) is 0 Å². The fourth-order valence-electron chi connectivity index (χ4n) is 1.94. The van der Waals surface area contributed by atoms with Crippen LogP contribution in [0.4, 0.5) is 11.4 Å². The number of sulfone groups is 1. The van der Waals surface area contributed by atoms with Crippen molar-refractivity contribution in [2.75, 3.05) is 23.3 Å². The molecule has 17 heavy (non-hydrogen) atoms. The number of nitrogens with one attached hydrogen (secondary N) is 1. The first-order chi connectivity index (χ1) is 8.00. The molecule has 0 aliphatic carbocycles. The highest BCUT2D eigenvalue weighted by Gasteiger charge is 2.31. The first-order valence-electron chi connectivity index (χ1n) is 5.35. The number of aromatic nitrogens is 1. The number of hydrogen-bond acceptors (Lipinski definition) is 5. The van der Waals surface area contributed by atoms with Crippen molar-refractivity contribution < 1.29 is 8.42 Å². The lowest BCUT2D eigenvalue weighted by atomic mass is 10.2. The Morgan fingerprint density at radius 3 is 2.88 bits per heavy atom. The summed E-state index contributed by atoms with van der Waals surface area (Å²) in [5.41, 5.74) is 6.99. The molecule has 2 heterocycles. The zero-order chi connectivity index (χ0) is 12.5. The maximum atomic E-state index is 11.7. The van der Waals surface area contributed by atoms with Gasteiger partial charge in [0.25, 0.3) is 0 Å². The third-order valence-electron chi connectivity index (χ3n) is 2.90. The van der Waals surface area contributed by atoms with Crippen LogP contribution < -0.4 is 11.1 Å². The normalized spacial score (nSPS) is 22.5. The number of anilines is 2. The number of pyridine rings is 1. The van der Waals surface area contributed by atoms with E-state index in [4.69, 9.17) is 5.73 Å². The molecule has 0 radical (unpaired) electrons. The summed E-state index contributed by atoms with van der Waals surface area (Å²) in [5, 5.41) is 2.78. The fourth-order valence-corrected chi connectivity index (χ4v) is 4.19. The smallest absolute Gasteiger partial charge is 0.154 e. The SMILES string of the molecule is Nc1cncc(Br)c1NCC1CCCS1(=O)=O. The molecule has 1 aromatic rings. The lowest BCUT2D eigenvalue weighted by Gasteiger charge is -2.14. The zero-order valence-electron chi connectivity index (χ0n) is 9.19. The van der Waals surface area contributed by atoms with Gasteiger partial charge in [-0.15, -0.1) is 0 Å². The van der Waals surface area contributed by atoms with Gasteiger partial charge < -0.3 is 11.1 Å². The zero-order valence-corrected chi connectivity index (χ0v) is 11.6. The maximum Gasteiger partial charge on any atom is 0.154 e. The van der Waals surface area contributed by atoms with Crippen molar-refractivity contribution in [3.8, 4) is 0 Å². The quantitative estimate of drug-likeness (QED) is 0.880. The van der Waals surface area contributed by atoms with Crippen molar-refractivity contribution in [3.63, 3.8) is 0 Å². The number of hydrogen-bond donors (Lipinski definition) is 2. The van der Waals surface area contributed by atoms with Crippen LogP contribution in [0.2, 0.25) is 0 Å². The molecule has 0 bridgehead atoms. The second kappa shape index (κ2) is 4.81. The van der Waals surface area contributed by atoms with E-state index in [-0.39, 0.29) is 5.25 Å². The van der Waals surface area contributed by atoms with E-state index in [1.165, 1.54) is 6.20 Å². The van der Waals surface area contributed by atoms with Gasteiger partial charge in [0, 0.05) is 12.7 Å². The molecule has 5 nitrogen and oxygen atoms in total. The fraction of sp³-hybridized carbons (Fsp3) is 0.500. The van der Waals surface area contributed by atoms with Gasteiger partial charge in [-0.3, -0.25) is 4.98 Å². The molecule has 3 N–H and O–H groups in total. The molecule has 0 spiro atoms. The molecule has 0 amide bonds. The predicted octanol–water partition coefficient (Wildman–Crippen LogP) is 1.42. The van der Waals surface area contributed by atoms with Crippen molar-refractivity contribution in [1.82, 2.24) is 4.98 Å². The Kier molecular flexibility index (Phi) is 3.58. The van der Waals surface area contributed by atoms with Crippen molar-refractivity contribution in [1.29, 1.82) is 0 Å². The van der Waals surface area contributed by atoms with E-state index >= 15 is 0 Å². The lowest BCUT2D eigenvalue weighted by molar-refractivity contribution is 0.591. The highest BCUT2D eigenvalue weighted by molar-refractivity contribution is 9.10. The van der Waals surface area contributed by atoms with Gasteiger partial charge in [0.2, 0.25) is 0 Å². The summed E-state index contributed by atoms with van der Waals surface area (Å²) in [6, 6.07) is 0. The summed E-state index contributed by atoms with van der Waals surface area (Å²) < 4.78 is 24.1. The minimum absolute atomic E-state index is 0.298. The second-order valence-corrected chi connectivity index (χ2v) is 7.35. The molecule has 1 atom stereocenters. The molecule has 0 aromatic carbocycles. The minimum Gasteiger partial charge on any atom is -0.396 e. The van der Waals surface area contributed by atoms with E-state index in [9.17, 15) is 8.42 Å². The maximum absolute atomic E-state index is 11.7. The van der Waals surface area contributed by atoms with E-state index in [1.807, 2.05) is 0 Å². The van der Waals surface area contributed by atoms with Crippen molar-refractivity contribution in [2.24, 2.45) is 0 Å². The monoisotopic (exact) mass is 319 g/mol. The third-order valence-corrected chi connectivity index (χ3v) is 5.78. The Labute approximate surface area is 109 Å². The van der Waals surface area contributed by atoms with Crippen LogP contribution in [0.5, 0.6) is 0 Å². The average Bonchev–Trinajstić information content (AvgIpc) is 2.57. The summed E-state index contributed by atoms with van der Waals surface area (Å²) in [6.07, 6.45) is 4.64. The third kappa shape index (κ3) is 2.71. The molecule has 0 saturated carbocycles. The Hall–Kier alpha value is -0.820. The largest absolute Gasteiger partial charge is 0.396 e. The molecule has 1 aromatic heterocycles. The van der Waals surface area contributed by atoms with Gasteiger partial charge in [-0.05, 0) is 28.8 Å². The van der Waals surface area contributed by atoms with Crippen LogP contribution in [0, 0.1) is 0 Å². The topological polar surface area (TPSA) is 85.1 Å². The van der Waals surface area contributed by atoms with Gasteiger partial charge in [-0.25, -0.2) is 8.42 Å². The van der Waals surface area contributed by atoms with Crippen LogP contribution in [-0.4, -0.2) is 30.9 Å². The van der Waals surface area contributed by atoms with E-state index in [1.54, 1.807) is 6.20 Å². The average molecular weight is 320 g/mol. The number of rotatable bonds is 3. The molecular formula is C10H14BrN3O2S. The van der Waals surface area contributed by atoms with E-state index in [0.717, 1.165) is 17.3 Å². The summed E-state index contributed by atoms with van der Waals surface area (Å²) in [7, 11) is -2.92. The highest BCUT2D eigenvalue weighted by Crippen LogP contribution is 2.28. The minimum atomic E-state index is -2.92. The Balaban J connectivity index is 2.08. The highest BCUT2D eigenvalue weighted by atomic mass is 79.9. The number of nitrogens with zero attached hydrogens (tertiary/aromatic N) is 1. The van der Waals surface area contributed by atoms with Crippen LogP contribution in [0.15, 0.2) is 16.9 Å². The molecule has 1 fully saturated rings. The van der Waals surface area contributed by atoms with E-state index < -0.39 is 9.84 Å². The second-order valence-electron chi connectivity index (χ2n) is 4.10. The first kappa shape index (κ1) is 12.6. The molecule has 2 rings (SSSR count). The van der Waals surface area contributed by atoms with Gasteiger partial charge in [0.15, 0.2) is 9.84 Å². The Bertz CT molecular complexity index is 498. The van der Waals surface area contributed by atoms with Crippen molar-refractivity contribution in [2.45, 2.75) is 18.1 Å². The standard InChI is InChI=1S/C10H14BrN3O2S/c11-8-5-13-6-9(12)10(8)14-4-7-2-1-3-17(7,15)16/h5-7H,1-4,12H2,(H,13,14). The van der Waals surface area contributed by atoms with Gasteiger partial charge in [-0.1, -0.05) is 0 Å². The molecule has 94 valence electrons. The lowest BCUT2D eigenvalue weighted by Crippen LogP contribution is -2.25. The van der Waals surface area contributed by atoms with Gasteiger partial charge >= 0.3 is 0 Å². The summed E-state index contributed by atoms with van der Waals surface area (Å²) in [4.78, 5) is 3.92. The van der Waals surface area contributed by atoms with Crippen LogP contribution in [0.25, 0.3) is 0 Å². The predicted molar refractivity (Wildman–Crippen MR) is 71.6 cm³/mol. The van der Waals surface area contributed by atoms with Crippen LogP contribution in [0.1, 0.15) is 12.8 Å². The van der Waals surface area contributed by atoms with Gasteiger partial charge in [0.1, 0.15) is 0 Å². The first-order valence-corrected chi connectivity index (χ1v) is 7.86. The van der Waals surface area contributed by atoms with Crippen LogP contribution >= 0.6 is 15.9 Å². The van der Waals surface area contributed by atoms with E-state index in [2.05, 4.69) is 26.2 Å². The molecule has 1 saturated heterocycles. The molecular weight excluding hydrogens is 306 g/mol.